The van der Waals surface area contributed by atoms with Gasteiger partial charge in [0.15, 0.2) is 0 Å². The number of rotatable bonds is 6. The lowest BCUT2D eigenvalue weighted by Crippen LogP contribution is -2.36. The van der Waals surface area contributed by atoms with Gasteiger partial charge in [-0.25, -0.2) is 0 Å². The maximum atomic E-state index is 12.7. The van der Waals surface area contributed by atoms with E-state index in [0.29, 0.717) is 17.0 Å². The Hall–Kier alpha value is -2.33. The van der Waals surface area contributed by atoms with Crippen LogP contribution in [0.3, 0.4) is 0 Å². The third-order valence-corrected chi connectivity index (χ3v) is 5.50. The lowest BCUT2D eigenvalue weighted by atomic mass is 10.2. The van der Waals surface area contributed by atoms with E-state index < -0.39 is 17.1 Å². The fourth-order valence-electron chi connectivity index (χ4n) is 2.62. The minimum absolute atomic E-state index is 0.0235. The molecular weight excluding hydrogens is 503 g/mol. The predicted octanol–water partition coefficient (Wildman–Crippen LogP) is 4.75. The summed E-state index contributed by atoms with van der Waals surface area (Å²) in [6, 6.07) is 14.5. The summed E-state index contributed by atoms with van der Waals surface area (Å²) in [7, 11) is 0. The molecule has 3 amide bonds. The minimum Gasteiger partial charge on any atom is -0.490 e. The number of carbonyl (C=O) groups excluding carboxylic acids is 3. The number of para-hydroxylation sites is 1. The Kier molecular flexibility index (Phi) is 6.96. The second kappa shape index (κ2) is 9.45. The standard InChI is InChI=1S/C21H19IN2O4S/c1-13(2)28-17-6-4-3-5-14(17)11-18-20(26)24(21(27)29-18)12-19(25)23-16-9-7-15(22)8-10-16/h3-11,13H,12H2,1-2H3,(H,23,25)/b18-11-. The predicted molar refractivity (Wildman–Crippen MR) is 123 cm³/mol. The molecule has 0 unspecified atom stereocenters. The maximum absolute atomic E-state index is 12.7. The third kappa shape index (κ3) is 5.60. The SMILES string of the molecule is CC(C)Oc1ccccc1/C=C1\SC(=O)N(CC(=O)Nc2ccc(I)cc2)C1=O. The van der Waals surface area contributed by atoms with Crippen LogP contribution in [0.5, 0.6) is 5.75 Å². The first-order valence-corrected chi connectivity index (χ1v) is 10.8. The molecule has 1 N–H and O–H groups in total. The van der Waals surface area contributed by atoms with Crippen LogP contribution < -0.4 is 10.1 Å². The van der Waals surface area contributed by atoms with E-state index in [2.05, 4.69) is 27.9 Å². The summed E-state index contributed by atoms with van der Waals surface area (Å²) in [5.41, 5.74) is 1.31. The highest BCUT2D eigenvalue weighted by molar-refractivity contribution is 14.1. The van der Waals surface area contributed by atoms with Crippen molar-refractivity contribution in [2.24, 2.45) is 0 Å². The lowest BCUT2D eigenvalue weighted by Gasteiger charge is -2.13. The van der Waals surface area contributed by atoms with Gasteiger partial charge in [0, 0.05) is 14.8 Å². The first-order valence-electron chi connectivity index (χ1n) is 8.90. The summed E-state index contributed by atoms with van der Waals surface area (Å²) in [6.45, 7) is 3.49. The number of ether oxygens (including phenoxy) is 1. The summed E-state index contributed by atoms with van der Waals surface area (Å²) in [5.74, 6) is -0.291. The summed E-state index contributed by atoms with van der Waals surface area (Å²) < 4.78 is 6.80. The van der Waals surface area contributed by atoms with Gasteiger partial charge in [-0.1, -0.05) is 18.2 Å². The van der Waals surface area contributed by atoms with E-state index >= 15 is 0 Å². The van der Waals surface area contributed by atoms with Crippen molar-refractivity contribution in [2.75, 3.05) is 11.9 Å². The molecule has 0 spiro atoms. The number of nitrogens with one attached hydrogen (secondary N) is 1. The van der Waals surface area contributed by atoms with Crippen LogP contribution in [0, 0.1) is 3.57 Å². The molecule has 0 bridgehead atoms. The van der Waals surface area contributed by atoms with Crippen molar-refractivity contribution in [3.63, 3.8) is 0 Å². The molecule has 0 atom stereocenters. The molecule has 1 saturated heterocycles. The molecule has 0 aliphatic carbocycles. The van der Waals surface area contributed by atoms with Gasteiger partial charge < -0.3 is 10.1 Å². The number of carbonyl (C=O) groups is 3. The van der Waals surface area contributed by atoms with Gasteiger partial charge in [-0.15, -0.1) is 0 Å². The Labute approximate surface area is 186 Å². The molecule has 0 radical (unpaired) electrons. The topological polar surface area (TPSA) is 75.7 Å². The van der Waals surface area contributed by atoms with Crippen LogP contribution >= 0.6 is 34.4 Å². The largest absolute Gasteiger partial charge is 0.490 e. The Morgan fingerprint density at radius 3 is 2.55 bits per heavy atom. The van der Waals surface area contributed by atoms with E-state index in [0.717, 1.165) is 20.2 Å². The molecular formula is C21H19IN2O4S. The van der Waals surface area contributed by atoms with E-state index in [1.54, 1.807) is 18.2 Å². The second-order valence-corrected chi connectivity index (χ2v) is 8.77. The highest BCUT2D eigenvalue weighted by Gasteiger charge is 2.36. The smallest absolute Gasteiger partial charge is 0.294 e. The summed E-state index contributed by atoms with van der Waals surface area (Å²) in [4.78, 5) is 38.5. The van der Waals surface area contributed by atoms with Gasteiger partial charge in [0.1, 0.15) is 12.3 Å². The van der Waals surface area contributed by atoms with Gasteiger partial charge in [-0.3, -0.25) is 19.3 Å². The zero-order valence-electron chi connectivity index (χ0n) is 15.8. The average Bonchev–Trinajstić information content (AvgIpc) is 2.92. The number of amides is 3. The van der Waals surface area contributed by atoms with Crippen molar-refractivity contribution in [1.82, 2.24) is 4.90 Å². The molecule has 1 aliphatic rings. The Balaban J connectivity index is 1.72. The molecule has 0 aromatic heterocycles. The van der Waals surface area contributed by atoms with Gasteiger partial charge in [0.25, 0.3) is 11.1 Å². The number of anilines is 1. The van der Waals surface area contributed by atoms with Crippen molar-refractivity contribution in [3.05, 3.63) is 62.6 Å². The normalized spacial score (nSPS) is 15.3. The number of hydrogen-bond donors (Lipinski definition) is 1. The fourth-order valence-corrected chi connectivity index (χ4v) is 3.80. The Morgan fingerprint density at radius 1 is 1.17 bits per heavy atom. The number of imide groups is 1. The van der Waals surface area contributed by atoms with Gasteiger partial charge >= 0.3 is 0 Å². The van der Waals surface area contributed by atoms with Gasteiger partial charge in [-0.2, -0.15) is 0 Å². The minimum atomic E-state index is -0.489. The van der Waals surface area contributed by atoms with E-state index in [1.165, 1.54) is 0 Å². The van der Waals surface area contributed by atoms with Crippen LogP contribution in [0.15, 0.2) is 53.4 Å². The number of nitrogens with zero attached hydrogens (tertiary/aromatic N) is 1. The molecule has 2 aromatic carbocycles. The van der Waals surface area contributed by atoms with Crippen LogP contribution in [-0.4, -0.2) is 34.6 Å². The van der Waals surface area contributed by atoms with E-state index in [9.17, 15) is 14.4 Å². The van der Waals surface area contributed by atoms with E-state index in [1.807, 2.05) is 50.2 Å². The fraction of sp³-hybridized carbons (Fsp3) is 0.190. The van der Waals surface area contributed by atoms with Gasteiger partial charge in [0.2, 0.25) is 5.91 Å². The first kappa shape index (κ1) is 21.4. The van der Waals surface area contributed by atoms with E-state index in [-0.39, 0.29) is 17.6 Å². The lowest BCUT2D eigenvalue weighted by molar-refractivity contribution is -0.127. The molecule has 1 fully saturated rings. The average molecular weight is 522 g/mol. The monoisotopic (exact) mass is 522 g/mol. The summed E-state index contributed by atoms with van der Waals surface area (Å²) >= 11 is 2.98. The molecule has 0 saturated carbocycles. The zero-order valence-corrected chi connectivity index (χ0v) is 18.8. The number of hydrogen-bond acceptors (Lipinski definition) is 5. The van der Waals surface area contributed by atoms with Crippen LogP contribution in [0.1, 0.15) is 19.4 Å². The number of thioether (sulfide) groups is 1. The molecule has 6 nitrogen and oxygen atoms in total. The zero-order chi connectivity index (χ0) is 21.0. The highest BCUT2D eigenvalue weighted by atomic mass is 127. The first-order chi connectivity index (χ1) is 13.8. The summed E-state index contributed by atoms with van der Waals surface area (Å²) in [5, 5.41) is 2.22. The summed E-state index contributed by atoms with van der Waals surface area (Å²) in [6.07, 6.45) is 1.60. The number of halogens is 1. The molecule has 8 heteroatoms. The van der Waals surface area contributed by atoms with Crippen LogP contribution in [0.25, 0.3) is 6.08 Å². The van der Waals surface area contributed by atoms with Crippen molar-refractivity contribution in [3.8, 4) is 5.75 Å². The molecule has 1 heterocycles. The molecule has 150 valence electrons. The Morgan fingerprint density at radius 2 is 1.86 bits per heavy atom. The van der Waals surface area contributed by atoms with Crippen LogP contribution in [0.2, 0.25) is 0 Å². The highest BCUT2D eigenvalue weighted by Crippen LogP contribution is 2.34. The molecule has 29 heavy (non-hydrogen) atoms. The van der Waals surface area contributed by atoms with Crippen LogP contribution in [0.4, 0.5) is 10.5 Å². The van der Waals surface area contributed by atoms with Crippen molar-refractivity contribution < 1.29 is 19.1 Å². The van der Waals surface area contributed by atoms with Crippen molar-refractivity contribution >= 4 is 63.2 Å². The van der Waals surface area contributed by atoms with Gasteiger partial charge in [-0.05, 0) is 84.6 Å². The Bertz CT molecular complexity index is 973. The second-order valence-electron chi connectivity index (χ2n) is 6.53. The molecule has 3 rings (SSSR count). The maximum Gasteiger partial charge on any atom is 0.294 e. The molecule has 2 aromatic rings. The van der Waals surface area contributed by atoms with Crippen LogP contribution in [-0.2, 0) is 9.59 Å². The van der Waals surface area contributed by atoms with Gasteiger partial charge in [0.05, 0.1) is 11.0 Å². The van der Waals surface area contributed by atoms with Crippen molar-refractivity contribution in [2.45, 2.75) is 20.0 Å². The van der Waals surface area contributed by atoms with Crippen molar-refractivity contribution in [1.29, 1.82) is 0 Å². The van der Waals surface area contributed by atoms with E-state index in [4.69, 9.17) is 4.74 Å². The quantitative estimate of drug-likeness (QED) is 0.438. The third-order valence-electron chi connectivity index (χ3n) is 3.87. The molecule has 1 aliphatic heterocycles. The number of benzene rings is 2.